The summed E-state index contributed by atoms with van der Waals surface area (Å²) in [5.74, 6) is -0.103. The number of hydrogen-bond acceptors (Lipinski definition) is 3. The summed E-state index contributed by atoms with van der Waals surface area (Å²) in [6.45, 7) is 8.07. The van der Waals surface area contributed by atoms with Crippen molar-refractivity contribution in [3.05, 3.63) is 66.2 Å². The van der Waals surface area contributed by atoms with Crippen LogP contribution in [0.5, 0.6) is 0 Å². The van der Waals surface area contributed by atoms with Crippen molar-refractivity contribution in [2.75, 3.05) is 6.61 Å². The molecule has 1 saturated carbocycles. The average Bonchev–Trinajstić information content (AvgIpc) is 3.44. The number of aliphatic hydroxyl groups is 1. The molecule has 1 aliphatic rings. The molecule has 136 valence electrons. The van der Waals surface area contributed by atoms with Crippen molar-refractivity contribution < 1.29 is 14.6 Å². The van der Waals surface area contributed by atoms with E-state index in [2.05, 4.69) is 30.8 Å². The number of rotatable bonds is 7. The summed E-state index contributed by atoms with van der Waals surface area (Å²) < 4.78 is 5.24. The quantitative estimate of drug-likeness (QED) is 0.734. The lowest BCUT2D eigenvalue weighted by Gasteiger charge is -2.15. The van der Waals surface area contributed by atoms with Gasteiger partial charge in [0, 0.05) is 0 Å². The lowest BCUT2D eigenvalue weighted by atomic mass is 9.93. The van der Waals surface area contributed by atoms with Crippen molar-refractivity contribution in [2.45, 2.75) is 44.6 Å². The smallest absolute Gasteiger partial charge is 0.316 e. The van der Waals surface area contributed by atoms with Crippen molar-refractivity contribution in [1.29, 1.82) is 0 Å². The summed E-state index contributed by atoms with van der Waals surface area (Å²) in [7, 11) is 0. The molecule has 0 heterocycles. The number of esters is 1. The molecule has 1 N–H and O–H groups in total. The Morgan fingerprint density at radius 2 is 1.65 bits per heavy atom. The topological polar surface area (TPSA) is 46.5 Å². The van der Waals surface area contributed by atoms with Gasteiger partial charge in [0.1, 0.15) is 0 Å². The average molecular weight is 350 g/mol. The molecule has 3 heteroatoms. The molecule has 3 rings (SSSR count). The third-order valence-corrected chi connectivity index (χ3v) is 5.02. The molecule has 1 fully saturated rings. The van der Waals surface area contributed by atoms with E-state index >= 15 is 0 Å². The summed E-state index contributed by atoms with van der Waals surface area (Å²) in [6.07, 6.45) is 1.92. The highest BCUT2D eigenvalue weighted by molar-refractivity contribution is 5.87. The molecule has 3 nitrogen and oxygen atoms in total. The molecular formula is C23H26O3. The van der Waals surface area contributed by atoms with Crippen LogP contribution >= 0.6 is 0 Å². The van der Waals surface area contributed by atoms with Crippen LogP contribution in [0.1, 0.15) is 44.2 Å². The minimum Gasteiger partial charge on any atom is -0.465 e. The molecule has 0 saturated heterocycles. The van der Waals surface area contributed by atoms with E-state index in [9.17, 15) is 9.90 Å². The van der Waals surface area contributed by atoms with E-state index in [1.165, 1.54) is 0 Å². The van der Waals surface area contributed by atoms with Crippen LogP contribution in [0.2, 0.25) is 0 Å². The molecule has 1 atom stereocenters. The van der Waals surface area contributed by atoms with Crippen molar-refractivity contribution in [3.63, 3.8) is 0 Å². The van der Waals surface area contributed by atoms with Gasteiger partial charge in [-0.25, -0.2) is 0 Å². The zero-order valence-corrected chi connectivity index (χ0v) is 15.5. The molecule has 0 bridgehead atoms. The Morgan fingerprint density at radius 3 is 2.12 bits per heavy atom. The van der Waals surface area contributed by atoms with Gasteiger partial charge in [0.15, 0.2) is 0 Å². The van der Waals surface area contributed by atoms with Crippen molar-refractivity contribution in [1.82, 2.24) is 0 Å². The van der Waals surface area contributed by atoms with E-state index < -0.39 is 5.41 Å². The molecule has 1 unspecified atom stereocenters. The Bertz CT molecular complexity index is 781. The third-order valence-electron chi connectivity index (χ3n) is 5.02. The van der Waals surface area contributed by atoms with E-state index in [4.69, 9.17) is 4.74 Å². The summed E-state index contributed by atoms with van der Waals surface area (Å²) in [6, 6.07) is 16.4. The van der Waals surface area contributed by atoms with Gasteiger partial charge in [-0.3, -0.25) is 4.79 Å². The maximum absolute atomic E-state index is 12.2. The third kappa shape index (κ3) is 3.73. The lowest BCUT2D eigenvalue weighted by Crippen LogP contribution is -2.23. The number of ether oxygens (including phenoxy) is 1. The van der Waals surface area contributed by atoms with Gasteiger partial charge in [-0.15, -0.1) is 0 Å². The van der Waals surface area contributed by atoms with Crippen LogP contribution in [0.4, 0.5) is 0 Å². The fourth-order valence-corrected chi connectivity index (χ4v) is 3.36. The number of hydrogen-bond donors (Lipinski definition) is 1. The zero-order valence-electron chi connectivity index (χ0n) is 15.5. The molecular weight excluding hydrogens is 324 g/mol. The van der Waals surface area contributed by atoms with Gasteiger partial charge in [-0.2, -0.15) is 0 Å². The molecule has 0 radical (unpaired) electrons. The molecule has 0 spiro atoms. The highest BCUT2D eigenvalue weighted by atomic mass is 16.5. The fraction of sp³-hybridized carbons (Fsp3) is 0.348. The van der Waals surface area contributed by atoms with Crippen LogP contribution in [0, 0.1) is 0 Å². The van der Waals surface area contributed by atoms with E-state index in [0.717, 1.165) is 40.7 Å². The summed E-state index contributed by atoms with van der Waals surface area (Å²) in [5, 5.41) is 9.49. The van der Waals surface area contributed by atoms with E-state index in [1.54, 1.807) is 6.92 Å². The Labute approximate surface area is 155 Å². The van der Waals surface area contributed by atoms with Gasteiger partial charge in [0.05, 0.1) is 18.1 Å². The second-order valence-electron chi connectivity index (χ2n) is 7.11. The first-order valence-corrected chi connectivity index (χ1v) is 9.20. The van der Waals surface area contributed by atoms with Crippen LogP contribution in [0.3, 0.4) is 0 Å². The largest absolute Gasteiger partial charge is 0.465 e. The normalized spacial score (nSPS) is 16.0. The van der Waals surface area contributed by atoms with E-state index in [1.807, 2.05) is 31.2 Å². The maximum Gasteiger partial charge on any atom is 0.316 e. The number of carbonyl (C=O) groups excluding carboxylic acids is 1. The minimum absolute atomic E-state index is 0.103. The Hall–Kier alpha value is -2.39. The maximum atomic E-state index is 12.2. The number of benzene rings is 2. The molecule has 0 aromatic heterocycles. The first kappa shape index (κ1) is 18.4. The second-order valence-corrected chi connectivity index (χ2v) is 7.11. The zero-order chi connectivity index (χ0) is 18.7. The van der Waals surface area contributed by atoms with Gasteiger partial charge >= 0.3 is 5.97 Å². The van der Waals surface area contributed by atoms with Crippen LogP contribution in [0.25, 0.3) is 16.7 Å². The van der Waals surface area contributed by atoms with Gasteiger partial charge in [0.2, 0.25) is 0 Å². The standard InChI is InChI=1S/C23H26O3/c1-4-26-22(25)23(13-14-23)21-11-9-20(10-12-21)19-7-5-18(6-8-19)16(2)15-17(3)24/h5-12,17,24H,2,4,13-15H2,1,3H3. The second kappa shape index (κ2) is 7.46. The Morgan fingerprint density at radius 1 is 1.12 bits per heavy atom. The van der Waals surface area contributed by atoms with Crippen molar-refractivity contribution in [3.8, 4) is 11.1 Å². The molecule has 2 aromatic carbocycles. The lowest BCUT2D eigenvalue weighted by molar-refractivity contribution is -0.146. The highest BCUT2D eigenvalue weighted by Gasteiger charge is 2.52. The van der Waals surface area contributed by atoms with Crippen LogP contribution in [-0.4, -0.2) is 23.8 Å². The highest BCUT2D eigenvalue weighted by Crippen LogP contribution is 2.49. The summed E-state index contributed by atoms with van der Waals surface area (Å²) >= 11 is 0. The number of aliphatic hydroxyl groups excluding tert-OH is 1. The van der Waals surface area contributed by atoms with Crippen LogP contribution < -0.4 is 0 Å². The number of carbonyl (C=O) groups is 1. The van der Waals surface area contributed by atoms with Gasteiger partial charge in [-0.1, -0.05) is 55.1 Å². The fourth-order valence-electron chi connectivity index (χ4n) is 3.36. The van der Waals surface area contributed by atoms with E-state index in [-0.39, 0.29) is 12.1 Å². The summed E-state index contributed by atoms with van der Waals surface area (Å²) in [5.41, 5.74) is 4.84. The molecule has 2 aromatic rings. The van der Waals surface area contributed by atoms with Crippen LogP contribution in [0.15, 0.2) is 55.1 Å². The first-order valence-electron chi connectivity index (χ1n) is 9.20. The summed E-state index contributed by atoms with van der Waals surface area (Å²) in [4.78, 5) is 12.2. The Balaban J connectivity index is 1.75. The van der Waals surface area contributed by atoms with Gasteiger partial charge < -0.3 is 9.84 Å². The predicted octanol–water partition coefficient (Wildman–Crippen LogP) is 4.73. The first-order chi connectivity index (χ1) is 12.5. The van der Waals surface area contributed by atoms with Gasteiger partial charge in [0.25, 0.3) is 0 Å². The predicted molar refractivity (Wildman–Crippen MR) is 105 cm³/mol. The molecule has 1 aliphatic carbocycles. The Kier molecular flexibility index (Phi) is 5.28. The minimum atomic E-state index is -0.420. The van der Waals surface area contributed by atoms with Crippen molar-refractivity contribution in [2.24, 2.45) is 0 Å². The molecule has 0 aliphatic heterocycles. The van der Waals surface area contributed by atoms with Crippen LogP contribution in [-0.2, 0) is 14.9 Å². The van der Waals surface area contributed by atoms with E-state index in [0.29, 0.717) is 13.0 Å². The molecule has 0 amide bonds. The van der Waals surface area contributed by atoms with Gasteiger partial charge in [-0.05, 0) is 60.9 Å². The SMILES string of the molecule is C=C(CC(C)O)c1ccc(-c2ccc(C3(C(=O)OCC)CC3)cc2)cc1. The monoisotopic (exact) mass is 350 g/mol. The molecule has 26 heavy (non-hydrogen) atoms. The van der Waals surface area contributed by atoms with Crippen molar-refractivity contribution >= 4 is 11.5 Å².